The first-order chi connectivity index (χ1) is 14.1. The summed E-state index contributed by atoms with van der Waals surface area (Å²) in [5.74, 6) is 1.54. The highest BCUT2D eigenvalue weighted by Crippen LogP contribution is 2.44. The molecule has 30 heavy (non-hydrogen) atoms. The van der Waals surface area contributed by atoms with E-state index < -0.39 is 0 Å². The van der Waals surface area contributed by atoms with Crippen LogP contribution in [0.4, 0.5) is 0 Å². The summed E-state index contributed by atoms with van der Waals surface area (Å²) in [6.07, 6.45) is 2.70. The first-order valence-corrected chi connectivity index (χ1v) is 11.1. The number of ether oxygens (including phenoxy) is 1. The number of hydrogen-bond donors (Lipinski definition) is 1. The molecule has 0 bridgehead atoms. The van der Waals surface area contributed by atoms with E-state index >= 15 is 0 Å². The maximum atomic E-state index is 6.04. The van der Waals surface area contributed by atoms with E-state index in [0.717, 1.165) is 33.6 Å². The van der Waals surface area contributed by atoms with Crippen LogP contribution in [0.2, 0.25) is 0 Å². The number of fused-ring (bicyclic) bond motifs is 5. The third-order valence-electron chi connectivity index (χ3n) is 5.92. The number of aryl methyl sites for hydroxylation is 1. The molecule has 6 nitrogen and oxygen atoms in total. The van der Waals surface area contributed by atoms with Crippen molar-refractivity contribution in [2.45, 2.75) is 65.6 Å². The lowest BCUT2D eigenvalue weighted by Gasteiger charge is -2.42. The summed E-state index contributed by atoms with van der Waals surface area (Å²) in [4.78, 5) is 11.9. The van der Waals surface area contributed by atoms with Crippen LogP contribution < -0.4 is 10.1 Å². The molecular formula is C23H27N5OS. The van der Waals surface area contributed by atoms with Crippen molar-refractivity contribution in [2.75, 3.05) is 0 Å². The molecule has 0 amide bonds. The van der Waals surface area contributed by atoms with Gasteiger partial charge >= 0.3 is 0 Å². The van der Waals surface area contributed by atoms with Crippen molar-refractivity contribution >= 4 is 27.2 Å². The van der Waals surface area contributed by atoms with Crippen LogP contribution in [0, 0.1) is 13.8 Å². The Bertz CT molecular complexity index is 1280. The molecule has 3 aromatic heterocycles. The monoisotopic (exact) mass is 421 g/mol. The van der Waals surface area contributed by atoms with Gasteiger partial charge in [-0.25, -0.2) is 14.5 Å². The van der Waals surface area contributed by atoms with Gasteiger partial charge in [-0.15, -0.1) is 16.4 Å². The minimum atomic E-state index is -0.103. The number of aromatic nitrogens is 4. The summed E-state index contributed by atoms with van der Waals surface area (Å²) < 4.78 is 7.83. The van der Waals surface area contributed by atoms with Crippen molar-refractivity contribution in [1.82, 2.24) is 24.9 Å². The highest BCUT2D eigenvalue weighted by molar-refractivity contribution is 7.19. The van der Waals surface area contributed by atoms with E-state index in [-0.39, 0.29) is 11.1 Å². The highest BCUT2D eigenvalue weighted by Gasteiger charge is 2.39. The zero-order valence-corrected chi connectivity index (χ0v) is 19.1. The first-order valence-electron chi connectivity index (χ1n) is 10.3. The highest BCUT2D eigenvalue weighted by atomic mass is 32.1. The molecule has 0 radical (unpaired) electrons. The molecule has 0 unspecified atom stereocenters. The minimum Gasteiger partial charge on any atom is -0.485 e. The maximum Gasteiger partial charge on any atom is 0.189 e. The Morgan fingerprint density at radius 2 is 2.00 bits per heavy atom. The fourth-order valence-corrected chi connectivity index (χ4v) is 5.86. The van der Waals surface area contributed by atoms with Gasteiger partial charge in [0.05, 0.1) is 5.39 Å². The van der Waals surface area contributed by atoms with Gasteiger partial charge in [-0.05, 0) is 70.7 Å². The van der Waals surface area contributed by atoms with E-state index in [0.29, 0.717) is 12.4 Å². The van der Waals surface area contributed by atoms with E-state index in [1.165, 1.54) is 16.0 Å². The molecule has 4 aromatic rings. The van der Waals surface area contributed by atoms with E-state index in [1.54, 1.807) is 22.2 Å². The minimum absolute atomic E-state index is 0.00595. The van der Waals surface area contributed by atoms with Crippen LogP contribution in [0.3, 0.4) is 0 Å². The molecule has 4 heterocycles. The van der Waals surface area contributed by atoms with Crippen LogP contribution in [0.5, 0.6) is 5.75 Å². The van der Waals surface area contributed by atoms with Gasteiger partial charge in [-0.3, -0.25) is 0 Å². The van der Waals surface area contributed by atoms with Crippen molar-refractivity contribution in [3.05, 3.63) is 51.9 Å². The second kappa shape index (κ2) is 6.49. The Kier molecular flexibility index (Phi) is 4.21. The van der Waals surface area contributed by atoms with Crippen LogP contribution in [0.15, 0.2) is 24.5 Å². The van der Waals surface area contributed by atoms with E-state index in [9.17, 15) is 0 Å². The fourth-order valence-electron chi connectivity index (χ4n) is 4.65. The van der Waals surface area contributed by atoms with Crippen LogP contribution in [-0.2, 0) is 18.6 Å². The molecule has 0 atom stereocenters. The molecule has 1 aliphatic rings. The van der Waals surface area contributed by atoms with Gasteiger partial charge in [0.15, 0.2) is 11.5 Å². The predicted octanol–water partition coefficient (Wildman–Crippen LogP) is 4.69. The molecule has 1 N–H and O–H groups in total. The van der Waals surface area contributed by atoms with Crippen LogP contribution in [0.25, 0.3) is 15.9 Å². The summed E-state index contributed by atoms with van der Waals surface area (Å²) in [7, 11) is 0. The second-order valence-electron chi connectivity index (χ2n) is 9.43. The zero-order chi connectivity index (χ0) is 21.3. The van der Waals surface area contributed by atoms with Crippen LogP contribution in [-0.4, -0.2) is 25.1 Å². The number of rotatable bonds is 3. The first kappa shape index (κ1) is 19.5. The van der Waals surface area contributed by atoms with Crippen molar-refractivity contribution in [1.29, 1.82) is 0 Å². The summed E-state index contributed by atoms with van der Waals surface area (Å²) in [5, 5.41) is 9.54. The maximum absolute atomic E-state index is 6.04. The standard InChI is InChI=1S/C23H27N5OS/c1-13-8-7-9-16(14(13)2)29-11-17-25-20-18-15-10-22(3,4)27-23(5,6)19(15)30-21(18)24-12-28(20)26-17/h7-9,12,27H,10-11H2,1-6H3. The van der Waals surface area contributed by atoms with Crippen molar-refractivity contribution in [3.63, 3.8) is 0 Å². The summed E-state index contributed by atoms with van der Waals surface area (Å²) in [6, 6.07) is 6.09. The smallest absolute Gasteiger partial charge is 0.189 e. The van der Waals surface area contributed by atoms with Gasteiger partial charge < -0.3 is 10.1 Å². The fraction of sp³-hybridized carbons (Fsp3) is 0.435. The molecule has 0 spiro atoms. The molecule has 1 aliphatic heterocycles. The Balaban J connectivity index is 1.57. The quantitative estimate of drug-likeness (QED) is 0.520. The largest absolute Gasteiger partial charge is 0.485 e. The Labute approximate surface area is 180 Å². The number of hydrogen-bond acceptors (Lipinski definition) is 6. The third kappa shape index (κ3) is 3.08. The predicted molar refractivity (Wildman–Crippen MR) is 120 cm³/mol. The summed E-state index contributed by atoms with van der Waals surface area (Å²) in [5.41, 5.74) is 4.47. The molecule has 156 valence electrons. The lowest BCUT2D eigenvalue weighted by Crippen LogP contribution is -2.54. The Morgan fingerprint density at radius 1 is 1.20 bits per heavy atom. The number of benzene rings is 1. The second-order valence-corrected chi connectivity index (χ2v) is 10.4. The van der Waals surface area contributed by atoms with Gasteiger partial charge in [-0.1, -0.05) is 12.1 Å². The number of nitrogens with zero attached hydrogens (tertiary/aromatic N) is 4. The lowest BCUT2D eigenvalue weighted by atomic mass is 9.82. The molecule has 0 aliphatic carbocycles. The number of nitrogens with one attached hydrogen (secondary N) is 1. The Hall–Kier alpha value is -2.51. The van der Waals surface area contributed by atoms with Gasteiger partial charge in [0, 0.05) is 16.0 Å². The Morgan fingerprint density at radius 3 is 2.80 bits per heavy atom. The number of thiophene rings is 1. The van der Waals surface area contributed by atoms with E-state index in [1.807, 2.05) is 12.1 Å². The van der Waals surface area contributed by atoms with Crippen molar-refractivity contribution < 1.29 is 4.74 Å². The molecule has 7 heteroatoms. The average molecular weight is 422 g/mol. The molecule has 1 aromatic carbocycles. The lowest BCUT2D eigenvalue weighted by molar-refractivity contribution is 0.248. The molecule has 5 rings (SSSR count). The van der Waals surface area contributed by atoms with Crippen molar-refractivity contribution in [2.24, 2.45) is 0 Å². The van der Waals surface area contributed by atoms with Crippen LogP contribution >= 0.6 is 11.3 Å². The summed E-state index contributed by atoms with van der Waals surface area (Å²) >= 11 is 1.76. The molecular weight excluding hydrogens is 394 g/mol. The third-order valence-corrected chi connectivity index (χ3v) is 7.38. The molecule has 0 saturated carbocycles. The SMILES string of the molecule is Cc1cccc(OCc2nc3c4c5c(sc4ncn3n2)C(C)(C)NC(C)(C)C5)c1C. The van der Waals surface area contributed by atoms with Gasteiger partial charge in [0.25, 0.3) is 0 Å². The topological polar surface area (TPSA) is 64.3 Å². The van der Waals surface area contributed by atoms with E-state index in [4.69, 9.17) is 14.7 Å². The average Bonchev–Trinajstić information content (AvgIpc) is 3.22. The summed E-state index contributed by atoms with van der Waals surface area (Å²) in [6.45, 7) is 13.5. The van der Waals surface area contributed by atoms with Gasteiger partial charge in [-0.2, -0.15) is 0 Å². The van der Waals surface area contributed by atoms with Crippen molar-refractivity contribution in [3.8, 4) is 5.75 Å². The molecule has 0 fully saturated rings. The van der Waals surface area contributed by atoms with E-state index in [2.05, 4.69) is 58.0 Å². The molecule has 0 saturated heterocycles. The van der Waals surface area contributed by atoms with Gasteiger partial charge in [0.2, 0.25) is 0 Å². The van der Waals surface area contributed by atoms with Gasteiger partial charge in [0.1, 0.15) is 23.5 Å². The zero-order valence-electron chi connectivity index (χ0n) is 18.3. The normalized spacial score (nSPS) is 17.4. The van der Waals surface area contributed by atoms with Crippen LogP contribution in [0.1, 0.15) is 55.1 Å².